The SMILES string of the molecule is CCCCCN(CC#CC#CC(C)(C)C)CCNC(=O)CSc1c2ccccc2cc2ccccc12. The van der Waals surface area contributed by atoms with E-state index < -0.39 is 0 Å². The molecule has 0 aliphatic rings. The normalized spacial score (nSPS) is 11.1. The number of fused-ring (bicyclic) bond motifs is 2. The van der Waals surface area contributed by atoms with Gasteiger partial charge in [0.1, 0.15) is 0 Å². The quantitative estimate of drug-likeness (QED) is 0.137. The molecule has 3 nitrogen and oxygen atoms in total. The number of thioether (sulfide) groups is 1. The van der Waals surface area contributed by atoms with E-state index >= 15 is 0 Å². The van der Waals surface area contributed by atoms with E-state index in [1.807, 2.05) is 0 Å². The fourth-order valence-electron chi connectivity index (χ4n) is 3.94. The minimum absolute atomic E-state index is 0.0316. The van der Waals surface area contributed by atoms with Gasteiger partial charge in [0.15, 0.2) is 0 Å². The number of hydrogen-bond acceptors (Lipinski definition) is 3. The van der Waals surface area contributed by atoms with Crippen LogP contribution in [0.4, 0.5) is 0 Å². The molecule has 0 saturated heterocycles. The number of amides is 1. The summed E-state index contributed by atoms with van der Waals surface area (Å²) in [5.74, 6) is 12.8. The molecule has 3 aromatic carbocycles. The molecule has 3 rings (SSSR count). The standard InChI is InChI=1S/C32H38N2OS/c1-5-6-13-21-34(22-14-7-12-19-32(2,3)4)23-20-33-30(35)25-36-31-28-17-10-8-15-26(28)24-27-16-9-11-18-29(27)31/h8-11,15-18,24H,5-6,13,20-23,25H2,1-4H3,(H,33,35). The molecule has 36 heavy (non-hydrogen) atoms. The smallest absolute Gasteiger partial charge is 0.230 e. The molecule has 188 valence electrons. The molecule has 1 N–H and O–H groups in total. The van der Waals surface area contributed by atoms with E-state index in [9.17, 15) is 4.79 Å². The molecule has 0 atom stereocenters. The third kappa shape index (κ3) is 8.94. The highest BCUT2D eigenvalue weighted by molar-refractivity contribution is 8.00. The Bertz CT molecular complexity index is 1230. The summed E-state index contributed by atoms with van der Waals surface area (Å²) in [7, 11) is 0. The molecule has 0 heterocycles. The summed E-state index contributed by atoms with van der Waals surface area (Å²) in [4.78, 5) is 16.2. The van der Waals surface area contributed by atoms with Gasteiger partial charge in [0, 0.05) is 23.4 Å². The molecular formula is C32H38N2OS. The van der Waals surface area contributed by atoms with Gasteiger partial charge < -0.3 is 5.32 Å². The second kappa shape index (κ2) is 14.0. The molecule has 3 aromatic rings. The van der Waals surface area contributed by atoms with E-state index in [0.29, 0.717) is 18.8 Å². The number of carbonyl (C=O) groups is 1. The summed E-state index contributed by atoms with van der Waals surface area (Å²) in [5, 5.41) is 7.92. The van der Waals surface area contributed by atoms with Gasteiger partial charge in [0.25, 0.3) is 0 Å². The van der Waals surface area contributed by atoms with Crippen LogP contribution >= 0.6 is 11.8 Å². The topological polar surface area (TPSA) is 32.3 Å². The van der Waals surface area contributed by atoms with Crippen LogP contribution in [0.1, 0.15) is 47.0 Å². The first kappa shape index (κ1) is 27.7. The second-order valence-electron chi connectivity index (χ2n) is 10.1. The largest absolute Gasteiger partial charge is 0.354 e. The third-order valence-electron chi connectivity index (χ3n) is 5.79. The first-order valence-corrected chi connectivity index (χ1v) is 13.9. The van der Waals surface area contributed by atoms with Gasteiger partial charge in [-0.3, -0.25) is 9.69 Å². The zero-order valence-corrected chi connectivity index (χ0v) is 22.9. The van der Waals surface area contributed by atoms with Gasteiger partial charge in [-0.2, -0.15) is 0 Å². The number of benzene rings is 3. The van der Waals surface area contributed by atoms with Crippen LogP contribution < -0.4 is 5.32 Å². The monoisotopic (exact) mass is 498 g/mol. The Morgan fingerprint density at radius 3 is 2.25 bits per heavy atom. The van der Waals surface area contributed by atoms with Crippen molar-refractivity contribution < 1.29 is 4.79 Å². The number of rotatable bonds is 11. The van der Waals surface area contributed by atoms with Crippen LogP contribution in [0.5, 0.6) is 0 Å². The highest BCUT2D eigenvalue weighted by Crippen LogP contribution is 2.35. The van der Waals surface area contributed by atoms with Crippen LogP contribution in [0, 0.1) is 29.1 Å². The highest BCUT2D eigenvalue weighted by Gasteiger charge is 2.11. The van der Waals surface area contributed by atoms with Crippen molar-refractivity contribution in [2.75, 3.05) is 31.9 Å². The van der Waals surface area contributed by atoms with Gasteiger partial charge in [-0.05, 0) is 73.2 Å². The lowest BCUT2D eigenvalue weighted by molar-refractivity contribution is -0.118. The molecule has 4 heteroatoms. The highest BCUT2D eigenvalue weighted by atomic mass is 32.2. The Kier molecular flexibility index (Phi) is 10.7. The van der Waals surface area contributed by atoms with Crippen molar-refractivity contribution in [3.8, 4) is 23.7 Å². The first-order chi connectivity index (χ1) is 17.4. The van der Waals surface area contributed by atoms with Crippen LogP contribution in [0.2, 0.25) is 0 Å². The summed E-state index contributed by atoms with van der Waals surface area (Å²) in [6, 6.07) is 19.0. The average Bonchev–Trinajstić information content (AvgIpc) is 2.85. The lowest BCUT2D eigenvalue weighted by atomic mass is 9.98. The van der Waals surface area contributed by atoms with Gasteiger partial charge in [-0.25, -0.2) is 0 Å². The van der Waals surface area contributed by atoms with Gasteiger partial charge in [0.05, 0.1) is 12.3 Å². The lowest BCUT2D eigenvalue weighted by Crippen LogP contribution is -2.36. The van der Waals surface area contributed by atoms with Gasteiger partial charge in [-0.15, -0.1) is 11.8 Å². The molecule has 0 radical (unpaired) electrons. The number of unbranched alkanes of at least 4 members (excludes halogenated alkanes) is 2. The van der Waals surface area contributed by atoms with Crippen molar-refractivity contribution in [2.24, 2.45) is 5.41 Å². The molecule has 0 aromatic heterocycles. The Balaban J connectivity index is 1.56. The maximum Gasteiger partial charge on any atom is 0.230 e. The van der Waals surface area contributed by atoms with Crippen LogP contribution in [0.3, 0.4) is 0 Å². The molecule has 0 saturated carbocycles. The Morgan fingerprint density at radius 2 is 1.61 bits per heavy atom. The van der Waals surface area contributed by atoms with Crippen LogP contribution in [-0.4, -0.2) is 42.7 Å². The third-order valence-corrected chi connectivity index (χ3v) is 6.92. The fourth-order valence-corrected chi connectivity index (χ4v) is 5.00. The molecule has 0 unspecified atom stereocenters. The zero-order chi connectivity index (χ0) is 25.8. The maximum atomic E-state index is 12.7. The van der Waals surface area contributed by atoms with Gasteiger partial charge in [-0.1, -0.05) is 80.1 Å². The number of nitrogens with one attached hydrogen (secondary N) is 1. The van der Waals surface area contributed by atoms with Crippen molar-refractivity contribution in [1.29, 1.82) is 0 Å². The Hall–Kier alpha value is -2.92. The minimum Gasteiger partial charge on any atom is -0.354 e. The predicted molar refractivity (Wildman–Crippen MR) is 156 cm³/mol. The van der Waals surface area contributed by atoms with Crippen molar-refractivity contribution >= 4 is 39.2 Å². The summed E-state index contributed by atoms with van der Waals surface area (Å²) in [5.41, 5.74) is -0.0316. The zero-order valence-electron chi connectivity index (χ0n) is 22.1. The molecule has 1 amide bonds. The number of carbonyl (C=O) groups excluding carboxylic acids is 1. The van der Waals surface area contributed by atoms with Crippen LogP contribution in [0.25, 0.3) is 21.5 Å². The summed E-state index contributed by atoms with van der Waals surface area (Å²) in [6.07, 6.45) is 3.53. The van der Waals surface area contributed by atoms with Crippen molar-refractivity contribution in [1.82, 2.24) is 10.2 Å². The molecule has 0 fully saturated rings. The second-order valence-corrected chi connectivity index (χ2v) is 11.1. The average molecular weight is 499 g/mol. The predicted octanol–water partition coefficient (Wildman–Crippen LogP) is 6.75. The summed E-state index contributed by atoms with van der Waals surface area (Å²) >= 11 is 1.62. The number of hydrogen-bond donors (Lipinski definition) is 1. The summed E-state index contributed by atoms with van der Waals surface area (Å²) < 4.78 is 0. The van der Waals surface area contributed by atoms with E-state index in [4.69, 9.17) is 0 Å². The van der Waals surface area contributed by atoms with Crippen molar-refractivity contribution in [3.63, 3.8) is 0 Å². The van der Waals surface area contributed by atoms with Crippen LogP contribution in [-0.2, 0) is 4.79 Å². The van der Waals surface area contributed by atoms with E-state index in [0.717, 1.165) is 19.5 Å². The number of nitrogens with zero attached hydrogens (tertiary/aromatic N) is 1. The van der Waals surface area contributed by atoms with Crippen molar-refractivity contribution in [3.05, 3.63) is 54.6 Å². The molecular weight excluding hydrogens is 460 g/mol. The first-order valence-electron chi connectivity index (χ1n) is 12.9. The van der Waals surface area contributed by atoms with E-state index in [1.165, 1.54) is 39.3 Å². The van der Waals surface area contributed by atoms with Gasteiger partial charge >= 0.3 is 0 Å². The van der Waals surface area contributed by atoms with Gasteiger partial charge in [0.2, 0.25) is 5.91 Å². The molecule has 0 spiro atoms. The van der Waals surface area contributed by atoms with E-state index in [2.05, 4.69) is 116 Å². The minimum atomic E-state index is -0.0316. The van der Waals surface area contributed by atoms with E-state index in [1.54, 1.807) is 11.8 Å². The van der Waals surface area contributed by atoms with E-state index in [-0.39, 0.29) is 11.3 Å². The maximum absolute atomic E-state index is 12.7. The Morgan fingerprint density at radius 1 is 0.944 bits per heavy atom. The molecule has 0 bridgehead atoms. The lowest BCUT2D eigenvalue weighted by Gasteiger charge is -2.19. The van der Waals surface area contributed by atoms with Crippen LogP contribution in [0.15, 0.2) is 59.5 Å². The fraction of sp³-hybridized carbons (Fsp3) is 0.406. The molecule has 0 aliphatic heterocycles. The Labute approximate surface area is 221 Å². The van der Waals surface area contributed by atoms with Crippen molar-refractivity contribution in [2.45, 2.75) is 51.9 Å². The molecule has 0 aliphatic carbocycles. The summed E-state index contributed by atoms with van der Waals surface area (Å²) in [6.45, 7) is 11.5.